The van der Waals surface area contributed by atoms with Gasteiger partial charge in [-0.2, -0.15) is 5.10 Å². The Morgan fingerprint density at radius 2 is 2.21 bits per heavy atom. The first-order valence-corrected chi connectivity index (χ1v) is 7.35. The molecule has 0 amide bonds. The molecule has 0 aliphatic rings. The molecule has 1 aromatic carbocycles. The maximum atomic E-state index is 4.29. The van der Waals surface area contributed by atoms with Crippen LogP contribution in [0.4, 0.5) is 0 Å². The van der Waals surface area contributed by atoms with Crippen LogP contribution in [-0.4, -0.2) is 16.3 Å². The highest BCUT2D eigenvalue weighted by molar-refractivity contribution is 7.17. The SMILES string of the molecule is CCNC(c1cnn(C)c1)c1csc2ccccc12. The summed E-state index contributed by atoms with van der Waals surface area (Å²) in [6.07, 6.45) is 4.03. The number of hydrogen-bond donors (Lipinski definition) is 1. The molecule has 3 aromatic rings. The summed E-state index contributed by atoms with van der Waals surface area (Å²) in [6, 6.07) is 8.78. The van der Waals surface area contributed by atoms with E-state index in [1.807, 2.05) is 17.9 Å². The lowest BCUT2D eigenvalue weighted by Crippen LogP contribution is -2.21. The van der Waals surface area contributed by atoms with Crippen LogP contribution in [0.1, 0.15) is 24.1 Å². The molecule has 0 aliphatic heterocycles. The minimum Gasteiger partial charge on any atom is -0.306 e. The molecule has 2 aromatic heterocycles. The summed E-state index contributed by atoms with van der Waals surface area (Å²) >= 11 is 1.80. The first-order chi connectivity index (χ1) is 9.29. The second kappa shape index (κ2) is 5.15. The Balaban J connectivity index is 2.09. The second-order valence-corrected chi connectivity index (χ2v) is 5.54. The van der Waals surface area contributed by atoms with Crippen molar-refractivity contribution in [3.8, 4) is 0 Å². The fraction of sp³-hybridized carbons (Fsp3) is 0.267. The van der Waals surface area contributed by atoms with Gasteiger partial charge in [0.25, 0.3) is 0 Å². The molecule has 2 heterocycles. The average Bonchev–Trinajstić information content (AvgIpc) is 3.03. The molecule has 0 spiro atoms. The summed E-state index contributed by atoms with van der Waals surface area (Å²) in [7, 11) is 1.96. The van der Waals surface area contributed by atoms with Crippen LogP contribution in [-0.2, 0) is 7.05 Å². The Labute approximate surface area is 116 Å². The Morgan fingerprint density at radius 3 is 2.95 bits per heavy atom. The summed E-state index contributed by atoms with van der Waals surface area (Å²) in [5.74, 6) is 0. The topological polar surface area (TPSA) is 29.9 Å². The van der Waals surface area contributed by atoms with E-state index in [0.29, 0.717) is 0 Å². The summed E-state index contributed by atoms with van der Waals surface area (Å²) < 4.78 is 3.19. The monoisotopic (exact) mass is 271 g/mol. The van der Waals surface area contributed by atoms with Crippen molar-refractivity contribution in [2.45, 2.75) is 13.0 Å². The van der Waals surface area contributed by atoms with Crippen LogP contribution in [0.3, 0.4) is 0 Å². The van der Waals surface area contributed by atoms with Crippen LogP contribution >= 0.6 is 11.3 Å². The van der Waals surface area contributed by atoms with Crippen molar-refractivity contribution < 1.29 is 0 Å². The van der Waals surface area contributed by atoms with Crippen molar-refractivity contribution in [3.63, 3.8) is 0 Å². The summed E-state index contributed by atoms with van der Waals surface area (Å²) in [6.45, 7) is 3.07. The third-order valence-corrected chi connectivity index (χ3v) is 4.27. The molecular formula is C15H17N3S. The molecule has 1 N–H and O–H groups in total. The summed E-state index contributed by atoms with van der Waals surface area (Å²) in [5.41, 5.74) is 2.56. The molecule has 1 atom stereocenters. The van der Waals surface area contributed by atoms with Gasteiger partial charge in [-0.3, -0.25) is 4.68 Å². The van der Waals surface area contributed by atoms with Gasteiger partial charge < -0.3 is 5.32 Å². The number of nitrogens with one attached hydrogen (secondary N) is 1. The first kappa shape index (κ1) is 12.4. The predicted octanol–water partition coefficient (Wildman–Crippen LogP) is 3.33. The number of hydrogen-bond acceptors (Lipinski definition) is 3. The molecular weight excluding hydrogens is 254 g/mol. The zero-order valence-corrected chi connectivity index (χ0v) is 11.9. The van der Waals surface area contributed by atoms with Gasteiger partial charge in [0.1, 0.15) is 0 Å². The fourth-order valence-electron chi connectivity index (χ4n) is 2.42. The number of aromatic nitrogens is 2. The van der Waals surface area contributed by atoms with Gasteiger partial charge in [-0.15, -0.1) is 11.3 Å². The third kappa shape index (κ3) is 2.29. The van der Waals surface area contributed by atoms with Crippen molar-refractivity contribution in [3.05, 3.63) is 53.2 Å². The molecule has 3 nitrogen and oxygen atoms in total. The van der Waals surface area contributed by atoms with E-state index >= 15 is 0 Å². The van der Waals surface area contributed by atoms with E-state index in [1.165, 1.54) is 21.2 Å². The quantitative estimate of drug-likeness (QED) is 0.789. The maximum absolute atomic E-state index is 4.29. The van der Waals surface area contributed by atoms with Gasteiger partial charge in [-0.25, -0.2) is 0 Å². The number of nitrogens with zero attached hydrogens (tertiary/aromatic N) is 2. The van der Waals surface area contributed by atoms with Crippen molar-refractivity contribution >= 4 is 21.4 Å². The molecule has 1 unspecified atom stereocenters. The largest absolute Gasteiger partial charge is 0.306 e. The maximum Gasteiger partial charge on any atom is 0.0622 e. The summed E-state index contributed by atoms with van der Waals surface area (Å²) in [4.78, 5) is 0. The van der Waals surface area contributed by atoms with Crippen LogP contribution in [0.15, 0.2) is 42.0 Å². The van der Waals surface area contributed by atoms with Crippen LogP contribution in [0.2, 0.25) is 0 Å². The third-order valence-electron chi connectivity index (χ3n) is 3.29. The van der Waals surface area contributed by atoms with Crippen LogP contribution in [0.25, 0.3) is 10.1 Å². The van der Waals surface area contributed by atoms with E-state index in [0.717, 1.165) is 6.54 Å². The smallest absolute Gasteiger partial charge is 0.0622 e. The number of thiophene rings is 1. The van der Waals surface area contributed by atoms with E-state index in [9.17, 15) is 0 Å². The molecule has 98 valence electrons. The number of rotatable bonds is 4. The fourth-order valence-corrected chi connectivity index (χ4v) is 3.41. The highest BCUT2D eigenvalue weighted by atomic mass is 32.1. The van der Waals surface area contributed by atoms with E-state index in [1.54, 1.807) is 11.3 Å². The van der Waals surface area contributed by atoms with E-state index in [-0.39, 0.29) is 6.04 Å². The second-order valence-electron chi connectivity index (χ2n) is 4.63. The van der Waals surface area contributed by atoms with Gasteiger partial charge in [0.05, 0.1) is 12.2 Å². The average molecular weight is 271 g/mol. The number of benzene rings is 1. The molecule has 0 saturated heterocycles. The van der Waals surface area contributed by atoms with E-state index < -0.39 is 0 Å². The first-order valence-electron chi connectivity index (χ1n) is 6.47. The standard InChI is InChI=1S/C15H17N3S/c1-3-16-15(11-8-17-18(2)9-11)13-10-19-14-7-5-4-6-12(13)14/h4-10,15-16H,3H2,1-2H3. The molecule has 0 fully saturated rings. The van der Waals surface area contributed by atoms with Crippen molar-refractivity contribution in [2.75, 3.05) is 6.54 Å². The summed E-state index contributed by atoms with van der Waals surface area (Å²) in [5, 5.41) is 11.4. The molecule has 4 heteroatoms. The van der Waals surface area contributed by atoms with Gasteiger partial charge in [-0.1, -0.05) is 25.1 Å². The molecule has 0 aliphatic carbocycles. The molecule has 0 saturated carbocycles. The van der Waals surface area contributed by atoms with E-state index in [2.05, 4.69) is 53.2 Å². The Hall–Kier alpha value is -1.65. The lowest BCUT2D eigenvalue weighted by Gasteiger charge is -2.16. The zero-order chi connectivity index (χ0) is 13.2. The molecule has 0 radical (unpaired) electrons. The van der Waals surface area contributed by atoms with Crippen LogP contribution in [0.5, 0.6) is 0 Å². The highest BCUT2D eigenvalue weighted by Gasteiger charge is 2.18. The molecule has 19 heavy (non-hydrogen) atoms. The lowest BCUT2D eigenvalue weighted by atomic mass is 10.0. The molecule has 3 rings (SSSR count). The predicted molar refractivity (Wildman–Crippen MR) is 80.6 cm³/mol. The van der Waals surface area contributed by atoms with Gasteiger partial charge in [-0.05, 0) is 28.9 Å². The van der Waals surface area contributed by atoms with Crippen LogP contribution < -0.4 is 5.32 Å². The van der Waals surface area contributed by atoms with Gasteiger partial charge >= 0.3 is 0 Å². The minimum atomic E-state index is 0.217. The van der Waals surface area contributed by atoms with Gasteiger partial charge in [0, 0.05) is 23.5 Å². The number of aryl methyl sites for hydroxylation is 1. The highest BCUT2D eigenvalue weighted by Crippen LogP contribution is 2.33. The minimum absolute atomic E-state index is 0.217. The number of fused-ring (bicyclic) bond motifs is 1. The van der Waals surface area contributed by atoms with Crippen molar-refractivity contribution in [1.29, 1.82) is 0 Å². The lowest BCUT2D eigenvalue weighted by molar-refractivity contribution is 0.635. The van der Waals surface area contributed by atoms with Gasteiger partial charge in [0.2, 0.25) is 0 Å². The Morgan fingerprint density at radius 1 is 1.37 bits per heavy atom. The van der Waals surface area contributed by atoms with Gasteiger partial charge in [0.15, 0.2) is 0 Å². The normalized spacial score (nSPS) is 12.9. The van der Waals surface area contributed by atoms with Crippen molar-refractivity contribution in [1.82, 2.24) is 15.1 Å². The Bertz CT molecular complexity index is 683. The zero-order valence-electron chi connectivity index (χ0n) is 11.1. The Kier molecular flexibility index (Phi) is 3.36. The van der Waals surface area contributed by atoms with Crippen molar-refractivity contribution in [2.24, 2.45) is 7.05 Å². The van der Waals surface area contributed by atoms with E-state index in [4.69, 9.17) is 0 Å². The molecule has 0 bridgehead atoms. The van der Waals surface area contributed by atoms with Crippen LogP contribution in [0, 0.1) is 0 Å².